The minimum Gasteiger partial charge on any atom is -0.349 e. The van der Waals surface area contributed by atoms with E-state index in [-0.39, 0.29) is 19.6 Å². The molecule has 0 spiro atoms. The molecule has 0 aliphatic carbocycles. The average Bonchev–Trinajstić information content (AvgIpc) is 3.06. The van der Waals surface area contributed by atoms with Crippen molar-refractivity contribution in [3.8, 4) is 0 Å². The predicted octanol–water partition coefficient (Wildman–Crippen LogP) is 2.17. The number of benzene rings is 1. The summed E-state index contributed by atoms with van der Waals surface area (Å²) in [6.07, 6.45) is 0.0445. The van der Waals surface area contributed by atoms with Gasteiger partial charge in [-0.2, -0.15) is 0 Å². The monoisotopic (exact) mass is 506 g/mol. The number of fused-ring (bicyclic) bond motifs is 1. The topological polar surface area (TPSA) is 109 Å². The first-order valence-corrected chi connectivity index (χ1v) is 10.8. The molecule has 1 aromatic carbocycles. The highest BCUT2D eigenvalue weighted by Gasteiger charge is 2.48. The molecule has 144 valence electrons. The zero-order valence-corrected chi connectivity index (χ0v) is 17.0. The van der Waals surface area contributed by atoms with E-state index in [1.807, 2.05) is 52.9 Å². The van der Waals surface area contributed by atoms with Crippen LogP contribution >= 0.6 is 30.4 Å². The van der Waals surface area contributed by atoms with Crippen molar-refractivity contribution in [1.29, 1.82) is 0 Å². The number of phosphoric ester groups is 1. The molecule has 0 radical (unpaired) electrons. The molecule has 27 heavy (non-hydrogen) atoms. The van der Waals surface area contributed by atoms with E-state index in [2.05, 4.69) is 4.98 Å². The summed E-state index contributed by atoms with van der Waals surface area (Å²) in [6, 6.07) is 9.27. The minimum absolute atomic E-state index is 0.0302. The molecule has 2 saturated heterocycles. The Kier molecular flexibility index (Phi) is 5.36. The van der Waals surface area contributed by atoms with Crippen LogP contribution < -0.4 is 11.2 Å². The van der Waals surface area contributed by atoms with Gasteiger partial charge in [0.1, 0.15) is 18.4 Å². The first-order valence-electron chi connectivity index (χ1n) is 8.21. The van der Waals surface area contributed by atoms with Crippen LogP contribution in [0.5, 0.6) is 0 Å². The molecule has 2 fully saturated rings. The zero-order valence-electron chi connectivity index (χ0n) is 13.9. The van der Waals surface area contributed by atoms with Crippen LogP contribution in [0.2, 0.25) is 0 Å². The van der Waals surface area contributed by atoms with E-state index in [1.165, 1.54) is 10.8 Å². The fourth-order valence-corrected chi connectivity index (χ4v) is 4.78. The lowest BCUT2D eigenvalue weighted by Gasteiger charge is -2.29. The number of aromatic amines is 1. The van der Waals surface area contributed by atoms with Crippen molar-refractivity contribution in [3.05, 3.63) is 66.5 Å². The number of halogens is 1. The quantitative estimate of drug-likeness (QED) is 0.500. The van der Waals surface area contributed by atoms with Gasteiger partial charge in [-0.25, -0.2) is 9.36 Å². The van der Waals surface area contributed by atoms with Crippen LogP contribution in [-0.4, -0.2) is 28.4 Å². The molecule has 4 atom stereocenters. The normalized spacial score (nSPS) is 30.2. The predicted molar refractivity (Wildman–Crippen MR) is 102 cm³/mol. The fraction of sp³-hybridized carbons (Fsp3) is 0.375. The molecule has 0 bridgehead atoms. The van der Waals surface area contributed by atoms with Gasteiger partial charge in [-0.1, -0.05) is 30.3 Å². The van der Waals surface area contributed by atoms with Crippen molar-refractivity contribution in [1.82, 2.24) is 9.55 Å². The highest BCUT2D eigenvalue weighted by Crippen LogP contribution is 2.57. The average molecular weight is 506 g/mol. The smallest absolute Gasteiger partial charge is 0.349 e. The number of nitrogens with zero attached hydrogens (tertiary/aromatic N) is 1. The Morgan fingerprint density at radius 1 is 1.26 bits per heavy atom. The highest BCUT2D eigenvalue weighted by atomic mass is 127. The lowest BCUT2D eigenvalue weighted by Crippen LogP contribution is -2.34. The van der Waals surface area contributed by atoms with Crippen molar-refractivity contribution in [2.75, 3.05) is 6.61 Å². The van der Waals surface area contributed by atoms with Gasteiger partial charge < -0.3 is 4.74 Å². The third-order valence-corrected chi connectivity index (χ3v) is 6.52. The number of ether oxygens (including phenoxy) is 1. The maximum atomic E-state index is 12.7. The summed E-state index contributed by atoms with van der Waals surface area (Å²) in [5.74, 6) is 0. The molecule has 3 heterocycles. The molecule has 1 aromatic heterocycles. The molecule has 2 aliphatic heterocycles. The SMILES string of the molecule is O=c1[nH]c(=O)n([C@H]2C[C@@H]3O[P@@](=O)(OCc4ccccc4)OC[C@H]3O2)cc1I. The van der Waals surface area contributed by atoms with E-state index >= 15 is 0 Å². The third-order valence-electron chi connectivity index (χ3n) is 4.31. The van der Waals surface area contributed by atoms with Crippen LogP contribution in [0.1, 0.15) is 18.2 Å². The number of nitrogens with one attached hydrogen (secondary N) is 1. The Hall–Kier alpha value is -1.30. The van der Waals surface area contributed by atoms with Gasteiger partial charge in [-0.3, -0.25) is 27.9 Å². The fourth-order valence-electron chi connectivity index (χ4n) is 2.96. The van der Waals surface area contributed by atoms with Gasteiger partial charge in [0.15, 0.2) is 0 Å². The van der Waals surface area contributed by atoms with Crippen LogP contribution in [0.25, 0.3) is 0 Å². The Balaban J connectivity index is 1.45. The summed E-state index contributed by atoms with van der Waals surface area (Å²) >= 11 is 1.84. The number of phosphoric acid groups is 1. The van der Waals surface area contributed by atoms with E-state index in [0.29, 0.717) is 3.57 Å². The van der Waals surface area contributed by atoms with E-state index in [4.69, 9.17) is 18.3 Å². The van der Waals surface area contributed by atoms with Crippen molar-refractivity contribution in [2.24, 2.45) is 0 Å². The van der Waals surface area contributed by atoms with E-state index < -0.39 is 37.5 Å². The van der Waals surface area contributed by atoms with Crippen LogP contribution in [0.3, 0.4) is 0 Å². The van der Waals surface area contributed by atoms with Crippen molar-refractivity contribution < 1.29 is 22.9 Å². The van der Waals surface area contributed by atoms with E-state index in [1.54, 1.807) is 0 Å². The molecule has 0 unspecified atom stereocenters. The molecule has 4 rings (SSSR count). The van der Waals surface area contributed by atoms with Gasteiger partial charge in [-0.05, 0) is 28.2 Å². The van der Waals surface area contributed by atoms with Gasteiger partial charge in [-0.15, -0.1) is 0 Å². The number of H-pyrrole nitrogens is 1. The first kappa shape index (κ1) is 19.0. The molecule has 2 aliphatic rings. The first-order chi connectivity index (χ1) is 12.9. The lowest BCUT2D eigenvalue weighted by atomic mass is 10.2. The van der Waals surface area contributed by atoms with Crippen molar-refractivity contribution in [3.63, 3.8) is 0 Å². The highest BCUT2D eigenvalue weighted by molar-refractivity contribution is 14.1. The second-order valence-electron chi connectivity index (χ2n) is 6.15. The third kappa shape index (κ3) is 4.10. The van der Waals surface area contributed by atoms with E-state index in [0.717, 1.165) is 5.56 Å². The van der Waals surface area contributed by atoms with E-state index in [9.17, 15) is 14.2 Å². The minimum atomic E-state index is -3.72. The molecule has 0 saturated carbocycles. The summed E-state index contributed by atoms with van der Waals surface area (Å²) in [5, 5.41) is 0. The van der Waals surface area contributed by atoms with Gasteiger partial charge in [0.2, 0.25) is 0 Å². The second kappa shape index (κ2) is 7.61. The number of hydrogen-bond acceptors (Lipinski definition) is 7. The van der Waals surface area contributed by atoms with Crippen LogP contribution in [0.15, 0.2) is 46.1 Å². The summed E-state index contributed by atoms with van der Waals surface area (Å²) < 4.78 is 36.4. The van der Waals surface area contributed by atoms with Crippen LogP contribution in [-0.2, 0) is 29.5 Å². The lowest BCUT2D eigenvalue weighted by molar-refractivity contribution is -0.0730. The summed E-state index contributed by atoms with van der Waals surface area (Å²) in [6.45, 7) is 0.125. The standard InChI is InChI=1S/C16H16IN2O7P/c17-11-7-19(16(21)18-15(11)20)14-6-12-13(25-14)9-24-27(22,26-12)23-8-10-4-2-1-3-5-10/h1-5,7,12-14H,6,8-9H2,(H,18,20,21)/t12-,13+,14+,27-/m0/s1. The number of rotatable bonds is 4. The maximum absolute atomic E-state index is 12.7. The van der Waals surface area contributed by atoms with Crippen LogP contribution in [0.4, 0.5) is 0 Å². The number of hydrogen-bond donors (Lipinski definition) is 1. The van der Waals surface area contributed by atoms with Crippen LogP contribution in [0, 0.1) is 3.57 Å². The summed E-state index contributed by atoms with van der Waals surface area (Å²) in [7, 11) is -3.72. The Bertz CT molecular complexity index is 992. The molecular weight excluding hydrogens is 490 g/mol. The van der Waals surface area contributed by atoms with Crippen molar-refractivity contribution in [2.45, 2.75) is 31.5 Å². The molecule has 0 amide bonds. The molecule has 11 heteroatoms. The second-order valence-corrected chi connectivity index (χ2v) is 8.94. The zero-order chi connectivity index (χ0) is 19.0. The number of aromatic nitrogens is 2. The summed E-state index contributed by atoms with van der Waals surface area (Å²) in [5.41, 5.74) is -0.184. The van der Waals surface area contributed by atoms with Gasteiger partial charge in [0.05, 0.1) is 16.8 Å². The summed E-state index contributed by atoms with van der Waals surface area (Å²) in [4.78, 5) is 25.8. The molecule has 2 aromatic rings. The Morgan fingerprint density at radius 2 is 2.04 bits per heavy atom. The molecule has 1 N–H and O–H groups in total. The molecular formula is C16H16IN2O7P. The van der Waals surface area contributed by atoms with Gasteiger partial charge >= 0.3 is 13.5 Å². The maximum Gasteiger partial charge on any atom is 0.475 e. The largest absolute Gasteiger partial charge is 0.475 e. The Morgan fingerprint density at radius 3 is 2.81 bits per heavy atom. The van der Waals surface area contributed by atoms with Gasteiger partial charge in [0.25, 0.3) is 5.56 Å². The van der Waals surface area contributed by atoms with Gasteiger partial charge in [0, 0.05) is 12.6 Å². The Labute approximate surface area is 167 Å². The van der Waals surface area contributed by atoms with Crippen molar-refractivity contribution >= 4 is 30.4 Å². The molecule has 9 nitrogen and oxygen atoms in total.